The van der Waals surface area contributed by atoms with Gasteiger partial charge in [-0.2, -0.15) is 0 Å². The molecular weight excluding hydrogens is 204 g/mol. The molecule has 5 atom stereocenters. The van der Waals surface area contributed by atoms with E-state index in [-0.39, 0.29) is 12.7 Å². The molecule has 4 N–H and O–H groups in total. The molecule has 0 aromatic rings. The highest BCUT2D eigenvalue weighted by molar-refractivity contribution is 4.88. The van der Waals surface area contributed by atoms with Crippen LogP contribution in [0.5, 0.6) is 0 Å². The van der Waals surface area contributed by atoms with Crippen molar-refractivity contribution in [3.8, 4) is 0 Å². The van der Waals surface area contributed by atoms with E-state index in [0.717, 1.165) is 0 Å². The van der Waals surface area contributed by atoms with Gasteiger partial charge in [0, 0.05) is 0 Å². The van der Waals surface area contributed by atoms with Gasteiger partial charge in [-0.1, -0.05) is 0 Å². The van der Waals surface area contributed by atoms with Crippen LogP contribution in [-0.2, 0) is 9.47 Å². The van der Waals surface area contributed by atoms with Crippen molar-refractivity contribution in [2.75, 3.05) is 6.61 Å². The van der Waals surface area contributed by atoms with Crippen LogP contribution in [0.3, 0.4) is 0 Å². The molecule has 1 rings (SSSR count). The molecule has 6 heteroatoms. The number of ether oxygens (including phenoxy) is 2. The van der Waals surface area contributed by atoms with Gasteiger partial charge in [0.25, 0.3) is 0 Å². The van der Waals surface area contributed by atoms with E-state index in [1.54, 1.807) is 0 Å². The van der Waals surface area contributed by atoms with E-state index in [4.69, 9.17) is 9.47 Å². The number of hydrogen-bond acceptors (Lipinski definition) is 6. The third-order valence-corrected chi connectivity index (χ3v) is 2.28. The summed E-state index contributed by atoms with van der Waals surface area (Å²) in [6.07, 6.45) is -6.54. The summed E-state index contributed by atoms with van der Waals surface area (Å²) in [7, 11) is 0. The lowest BCUT2D eigenvalue weighted by atomic mass is 9.99. The normalized spacial score (nSPS) is 42.2. The molecule has 90 valence electrons. The smallest absolute Gasteiger partial charge is 0.184 e. The molecular formula is C9H18O6. The summed E-state index contributed by atoms with van der Waals surface area (Å²) in [5.74, 6) is 0. The fourth-order valence-electron chi connectivity index (χ4n) is 1.36. The van der Waals surface area contributed by atoms with Gasteiger partial charge in [-0.25, -0.2) is 0 Å². The Morgan fingerprint density at radius 2 is 1.67 bits per heavy atom. The molecule has 6 nitrogen and oxygen atoms in total. The van der Waals surface area contributed by atoms with Gasteiger partial charge >= 0.3 is 0 Å². The Balaban J connectivity index is 2.51. The topological polar surface area (TPSA) is 99.4 Å². The third kappa shape index (κ3) is 3.10. The molecule has 0 aliphatic carbocycles. The number of aliphatic hydroxyl groups is 4. The Hall–Kier alpha value is -0.240. The highest BCUT2D eigenvalue weighted by atomic mass is 16.6. The van der Waals surface area contributed by atoms with Gasteiger partial charge in [0.2, 0.25) is 0 Å². The van der Waals surface area contributed by atoms with Gasteiger partial charge in [0.15, 0.2) is 6.29 Å². The number of rotatable bonds is 3. The van der Waals surface area contributed by atoms with Crippen LogP contribution in [0.15, 0.2) is 0 Å². The SMILES string of the molecule is CC(C)OC[C@H]1OC(O)[C@H](O)[C@@H](O)[C@@H]1O. The van der Waals surface area contributed by atoms with Gasteiger partial charge in [-0.15, -0.1) is 0 Å². The quantitative estimate of drug-likeness (QED) is 0.450. The van der Waals surface area contributed by atoms with Gasteiger partial charge in [-0.05, 0) is 13.8 Å². The summed E-state index contributed by atoms with van der Waals surface area (Å²) in [5.41, 5.74) is 0. The van der Waals surface area contributed by atoms with Gasteiger partial charge in [-0.3, -0.25) is 0 Å². The molecule has 1 fully saturated rings. The summed E-state index contributed by atoms with van der Waals surface area (Å²) in [5, 5.41) is 37.3. The summed E-state index contributed by atoms with van der Waals surface area (Å²) in [6.45, 7) is 3.69. The molecule has 0 aromatic carbocycles. The zero-order valence-electron chi connectivity index (χ0n) is 8.78. The van der Waals surface area contributed by atoms with Crippen LogP contribution in [0.1, 0.15) is 13.8 Å². The molecule has 1 heterocycles. The lowest BCUT2D eigenvalue weighted by Gasteiger charge is -2.38. The summed E-state index contributed by atoms with van der Waals surface area (Å²) < 4.78 is 10.1. The van der Waals surface area contributed by atoms with Crippen molar-refractivity contribution in [2.24, 2.45) is 0 Å². The Morgan fingerprint density at radius 3 is 2.20 bits per heavy atom. The number of aliphatic hydroxyl groups excluding tert-OH is 4. The van der Waals surface area contributed by atoms with Gasteiger partial charge < -0.3 is 29.9 Å². The minimum absolute atomic E-state index is 0.0399. The minimum Gasteiger partial charge on any atom is -0.387 e. The van der Waals surface area contributed by atoms with Crippen molar-refractivity contribution in [1.29, 1.82) is 0 Å². The summed E-state index contributed by atoms with van der Waals surface area (Å²) in [6, 6.07) is 0. The van der Waals surface area contributed by atoms with Crippen LogP contribution in [0.25, 0.3) is 0 Å². The van der Waals surface area contributed by atoms with E-state index in [0.29, 0.717) is 0 Å². The number of hydrogen-bond donors (Lipinski definition) is 4. The molecule has 1 aliphatic heterocycles. The van der Waals surface area contributed by atoms with E-state index < -0.39 is 30.7 Å². The van der Waals surface area contributed by atoms with Crippen LogP contribution in [0.2, 0.25) is 0 Å². The fraction of sp³-hybridized carbons (Fsp3) is 1.00. The standard InChI is InChI=1S/C9H18O6/c1-4(2)14-3-5-6(10)7(11)8(12)9(13)15-5/h4-13H,3H2,1-2H3/t5-,6-,7+,8-,9?/m1/s1. The molecule has 1 aliphatic rings. The first-order valence-electron chi connectivity index (χ1n) is 4.92. The lowest BCUT2D eigenvalue weighted by Crippen LogP contribution is -2.58. The Labute approximate surface area is 88.1 Å². The van der Waals surface area contributed by atoms with E-state index in [1.165, 1.54) is 0 Å². The lowest BCUT2D eigenvalue weighted by molar-refractivity contribution is -0.289. The second-order valence-electron chi connectivity index (χ2n) is 3.92. The maximum atomic E-state index is 9.51. The van der Waals surface area contributed by atoms with E-state index >= 15 is 0 Å². The van der Waals surface area contributed by atoms with Crippen molar-refractivity contribution < 1.29 is 29.9 Å². The van der Waals surface area contributed by atoms with E-state index in [9.17, 15) is 20.4 Å². The van der Waals surface area contributed by atoms with Crippen molar-refractivity contribution in [2.45, 2.75) is 50.7 Å². The molecule has 0 bridgehead atoms. The first kappa shape index (κ1) is 12.8. The highest BCUT2D eigenvalue weighted by Gasteiger charge is 2.42. The highest BCUT2D eigenvalue weighted by Crippen LogP contribution is 2.20. The Morgan fingerprint density at radius 1 is 1.07 bits per heavy atom. The predicted octanol–water partition coefficient (Wildman–Crippen LogP) is -1.79. The fourth-order valence-corrected chi connectivity index (χ4v) is 1.36. The van der Waals surface area contributed by atoms with Crippen molar-refractivity contribution in [1.82, 2.24) is 0 Å². The third-order valence-electron chi connectivity index (χ3n) is 2.28. The van der Waals surface area contributed by atoms with Crippen molar-refractivity contribution in [3.05, 3.63) is 0 Å². The van der Waals surface area contributed by atoms with Gasteiger partial charge in [0.1, 0.15) is 24.4 Å². The molecule has 0 amide bonds. The van der Waals surface area contributed by atoms with Crippen molar-refractivity contribution in [3.63, 3.8) is 0 Å². The Kier molecular flexibility index (Phi) is 4.45. The van der Waals surface area contributed by atoms with Crippen LogP contribution < -0.4 is 0 Å². The second-order valence-corrected chi connectivity index (χ2v) is 3.92. The molecule has 15 heavy (non-hydrogen) atoms. The largest absolute Gasteiger partial charge is 0.387 e. The second kappa shape index (κ2) is 5.20. The Bertz CT molecular complexity index is 197. The van der Waals surface area contributed by atoms with Crippen LogP contribution in [0, 0.1) is 0 Å². The zero-order valence-corrected chi connectivity index (χ0v) is 8.78. The minimum atomic E-state index is -1.50. The van der Waals surface area contributed by atoms with Crippen LogP contribution in [0.4, 0.5) is 0 Å². The monoisotopic (exact) mass is 222 g/mol. The van der Waals surface area contributed by atoms with Crippen LogP contribution in [-0.4, -0.2) is 63.8 Å². The molecule has 0 saturated carbocycles. The molecule has 0 aromatic heterocycles. The van der Waals surface area contributed by atoms with E-state index in [1.807, 2.05) is 13.8 Å². The van der Waals surface area contributed by atoms with Crippen LogP contribution >= 0.6 is 0 Å². The van der Waals surface area contributed by atoms with Crippen molar-refractivity contribution >= 4 is 0 Å². The zero-order chi connectivity index (χ0) is 11.6. The summed E-state index contributed by atoms with van der Waals surface area (Å²) >= 11 is 0. The first-order chi connectivity index (χ1) is 6.93. The predicted molar refractivity (Wildman–Crippen MR) is 50.0 cm³/mol. The maximum Gasteiger partial charge on any atom is 0.184 e. The molecule has 0 spiro atoms. The average molecular weight is 222 g/mol. The molecule has 1 saturated heterocycles. The average Bonchev–Trinajstić information content (AvgIpc) is 2.18. The maximum absolute atomic E-state index is 9.51. The summed E-state index contributed by atoms with van der Waals surface area (Å²) in [4.78, 5) is 0. The van der Waals surface area contributed by atoms with E-state index in [2.05, 4.69) is 0 Å². The first-order valence-corrected chi connectivity index (χ1v) is 4.92. The van der Waals surface area contributed by atoms with Gasteiger partial charge in [0.05, 0.1) is 12.7 Å². The molecule has 1 unspecified atom stereocenters. The molecule has 0 radical (unpaired) electrons.